The molecule has 0 aliphatic rings. The monoisotopic (exact) mass is 267 g/mol. The maximum atomic E-state index is 11.9. The number of aryl methyl sites for hydroxylation is 1. The van der Waals surface area contributed by atoms with Crippen LogP contribution in [-0.4, -0.2) is 42.6 Å². The molecule has 0 bridgehead atoms. The number of carbonyl (C=O) groups is 1. The Bertz CT molecular complexity index is 401. The fourth-order valence-corrected chi connectivity index (χ4v) is 1.90. The molecule has 0 atom stereocenters. The molecule has 5 nitrogen and oxygen atoms in total. The first-order chi connectivity index (χ1) is 9.10. The van der Waals surface area contributed by atoms with Gasteiger partial charge < -0.3 is 14.7 Å². The van der Waals surface area contributed by atoms with Crippen molar-refractivity contribution in [2.45, 2.75) is 40.0 Å². The molecule has 108 valence electrons. The second kappa shape index (κ2) is 7.94. The predicted molar refractivity (Wildman–Crippen MR) is 75.4 cm³/mol. The highest BCUT2D eigenvalue weighted by molar-refractivity contribution is 5.93. The highest BCUT2D eigenvalue weighted by atomic mass is 16.5. The highest BCUT2D eigenvalue weighted by Crippen LogP contribution is 2.12. The number of unbranched alkanes of at least 4 members (excludes halogenated alkanes) is 1. The van der Waals surface area contributed by atoms with Gasteiger partial charge in [0.05, 0.1) is 0 Å². The molecule has 0 aliphatic carbocycles. The third-order valence-corrected chi connectivity index (χ3v) is 3.23. The first kappa shape index (κ1) is 15.7. The van der Waals surface area contributed by atoms with Gasteiger partial charge in [-0.15, -0.1) is 0 Å². The lowest BCUT2D eigenvalue weighted by molar-refractivity contribution is 0.0940. The van der Waals surface area contributed by atoms with Crippen molar-refractivity contribution < 1.29 is 9.32 Å². The zero-order chi connectivity index (χ0) is 14.3. The molecular formula is C14H25N3O2. The molecule has 0 fully saturated rings. The third-order valence-electron chi connectivity index (χ3n) is 3.23. The predicted octanol–water partition coefficient (Wildman–Crippen LogP) is 2.01. The van der Waals surface area contributed by atoms with Crippen molar-refractivity contribution >= 4 is 5.91 Å². The summed E-state index contributed by atoms with van der Waals surface area (Å²) in [7, 11) is 2.07. The number of carbonyl (C=O) groups excluding carboxylic acids is 1. The van der Waals surface area contributed by atoms with Crippen molar-refractivity contribution in [1.29, 1.82) is 0 Å². The minimum Gasteiger partial charge on any atom is -0.360 e. The van der Waals surface area contributed by atoms with Crippen LogP contribution in [0.25, 0.3) is 0 Å². The number of rotatable bonds is 8. The van der Waals surface area contributed by atoms with E-state index in [1.165, 1.54) is 12.8 Å². The average molecular weight is 267 g/mol. The Morgan fingerprint density at radius 3 is 2.68 bits per heavy atom. The van der Waals surface area contributed by atoms with Crippen LogP contribution >= 0.6 is 0 Å². The van der Waals surface area contributed by atoms with Gasteiger partial charge in [-0.1, -0.05) is 25.4 Å². The van der Waals surface area contributed by atoms with Crippen LogP contribution in [0.1, 0.15) is 48.5 Å². The SMILES string of the molecule is CCCCN(C)CCNC(=O)c1noc(CC)c1C. The van der Waals surface area contributed by atoms with Gasteiger partial charge in [0.25, 0.3) is 5.91 Å². The number of nitrogens with one attached hydrogen (secondary N) is 1. The Labute approximate surface area is 115 Å². The Balaban J connectivity index is 2.37. The highest BCUT2D eigenvalue weighted by Gasteiger charge is 2.17. The number of nitrogens with zero attached hydrogens (tertiary/aromatic N) is 2. The Morgan fingerprint density at radius 2 is 2.11 bits per heavy atom. The molecule has 0 saturated heterocycles. The van der Waals surface area contributed by atoms with Gasteiger partial charge in [0.1, 0.15) is 5.76 Å². The van der Waals surface area contributed by atoms with E-state index in [9.17, 15) is 4.79 Å². The zero-order valence-corrected chi connectivity index (χ0v) is 12.5. The molecular weight excluding hydrogens is 242 g/mol. The van der Waals surface area contributed by atoms with Gasteiger partial charge in [0, 0.05) is 25.1 Å². The van der Waals surface area contributed by atoms with Crippen molar-refractivity contribution in [1.82, 2.24) is 15.4 Å². The Kier molecular flexibility index (Phi) is 6.56. The van der Waals surface area contributed by atoms with E-state index in [4.69, 9.17) is 4.52 Å². The van der Waals surface area contributed by atoms with E-state index in [-0.39, 0.29) is 5.91 Å². The van der Waals surface area contributed by atoms with Crippen LogP contribution in [0.3, 0.4) is 0 Å². The summed E-state index contributed by atoms with van der Waals surface area (Å²) < 4.78 is 5.13. The fraction of sp³-hybridized carbons (Fsp3) is 0.714. The number of hydrogen-bond acceptors (Lipinski definition) is 4. The normalized spacial score (nSPS) is 11.0. The lowest BCUT2D eigenvalue weighted by Gasteiger charge is -2.15. The fourth-order valence-electron chi connectivity index (χ4n) is 1.90. The summed E-state index contributed by atoms with van der Waals surface area (Å²) in [5.41, 5.74) is 1.26. The van der Waals surface area contributed by atoms with Gasteiger partial charge in [0.15, 0.2) is 5.69 Å². The van der Waals surface area contributed by atoms with Crippen LogP contribution < -0.4 is 5.32 Å². The topological polar surface area (TPSA) is 58.4 Å². The minimum atomic E-state index is -0.148. The summed E-state index contributed by atoms with van der Waals surface area (Å²) >= 11 is 0. The van der Waals surface area contributed by atoms with Gasteiger partial charge in [-0.25, -0.2) is 0 Å². The van der Waals surface area contributed by atoms with Crippen molar-refractivity contribution in [3.63, 3.8) is 0 Å². The van der Waals surface area contributed by atoms with Crippen LogP contribution in [-0.2, 0) is 6.42 Å². The maximum absolute atomic E-state index is 11.9. The molecule has 0 aliphatic heterocycles. The molecule has 0 spiro atoms. The van der Waals surface area contributed by atoms with E-state index < -0.39 is 0 Å². The van der Waals surface area contributed by atoms with Crippen molar-refractivity contribution in [2.75, 3.05) is 26.7 Å². The average Bonchev–Trinajstić information content (AvgIpc) is 2.77. The second-order valence-electron chi connectivity index (χ2n) is 4.85. The summed E-state index contributed by atoms with van der Waals surface area (Å²) in [5.74, 6) is 0.634. The molecule has 0 saturated carbocycles. The van der Waals surface area contributed by atoms with Gasteiger partial charge >= 0.3 is 0 Å². The van der Waals surface area contributed by atoms with Crippen LogP contribution in [0.15, 0.2) is 4.52 Å². The summed E-state index contributed by atoms with van der Waals surface area (Å²) in [6.07, 6.45) is 3.13. The first-order valence-electron chi connectivity index (χ1n) is 7.02. The largest absolute Gasteiger partial charge is 0.360 e. The molecule has 1 heterocycles. The number of hydrogen-bond donors (Lipinski definition) is 1. The van der Waals surface area contributed by atoms with Gasteiger partial charge in [-0.2, -0.15) is 0 Å². The second-order valence-corrected chi connectivity index (χ2v) is 4.85. The smallest absolute Gasteiger partial charge is 0.273 e. The minimum absolute atomic E-state index is 0.148. The maximum Gasteiger partial charge on any atom is 0.273 e. The molecule has 1 rings (SSSR count). The molecule has 19 heavy (non-hydrogen) atoms. The summed E-state index contributed by atoms with van der Waals surface area (Å²) in [6.45, 7) is 8.58. The van der Waals surface area contributed by atoms with Crippen molar-refractivity contribution in [2.24, 2.45) is 0 Å². The van der Waals surface area contributed by atoms with Crippen molar-refractivity contribution in [3.05, 3.63) is 17.0 Å². The quantitative estimate of drug-likeness (QED) is 0.782. The molecule has 1 amide bonds. The lowest BCUT2D eigenvalue weighted by Crippen LogP contribution is -2.33. The third kappa shape index (κ3) is 4.67. The van der Waals surface area contributed by atoms with Gasteiger partial charge in [-0.05, 0) is 26.9 Å². The molecule has 1 aromatic rings. The van der Waals surface area contributed by atoms with Crippen LogP contribution in [0.5, 0.6) is 0 Å². The summed E-state index contributed by atoms with van der Waals surface area (Å²) in [4.78, 5) is 14.2. The van der Waals surface area contributed by atoms with E-state index in [1.807, 2.05) is 13.8 Å². The van der Waals surface area contributed by atoms with Crippen molar-refractivity contribution in [3.8, 4) is 0 Å². The number of likely N-dealkylation sites (N-methyl/N-ethyl adjacent to an activating group) is 1. The lowest BCUT2D eigenvalue weighted by atomic mass is 10.2. The van der Waals surface area contributed by atoms with E-state index in [0.717, 1.165) is 30.8 Å². The van der Waals surface area contributed by atoms with Gasteiger partial charge in [0.2, 0.25) is 0 Å². The number of aromatic nitrogens is 1. The van der Waals surface area contributed by atoms with E-state index in [1.54, 1.807) is 0 Å². The summed E-state index contributed by atoms with van der Waals surface area (Å²) in [6, 6.07) is 0. The van der Waals surface area contributed by atoms with E-state index in [0.29, 0.717) is 12.2 Å². The molecule has 0 aromatic carbocycles. The molecule has 0 unspecified atom stereocenters. The Hall–Kier alpha value is -1.36. The molecule has 5 heteroatoms. The standard InChI is InChI=1S/C14H25N3O2/c1-5-7-9-17(4)10-8-15-14(18)13-11(3)12(6-2)19-16-13/h5-10H2,1-4H3,(H,15,18). The Morgan fingerprint density at radius 1 is 1.37 bits per heavy atom. The zero-order valence-electron chi connectivity index (χ0n) is 12.5. The van der Waals surface area contributed by atoms with Gasteiger partial charge in [-0.3, -0.25) is 4.79 Å². The van der Waals surface area contributed by atoms with Crippen LogP contribution in [0.4, 0.5) is 0 Å². The molecule has 0 radical (unpaired) electrons. The molecule has 1 N–H and O–H groups in total. The summed E-state index contributed by atoms with van der Waals surface area (Å²) in [5, 5.41) is 6.71. The number of amides is 1. The van der Waals surface area contributed by atoms with E-state index in [2.05, 4.69) is 29.3 Å². The van der Waals surface area contributed by atoms with Crippen LogP contribution in [0, 0.1) is 6.92 Å². The van der Waals surface area contributed by atoms with E-state index >= 15 is 0 Å². The first-order valence-corrected chi connectivity index (χ1v) is 7.02. The molecule has 1 aromatic heterocycles. The van der Waals surface area contributed by atoms with Crippen LogP contribution in [0.2, 0.25) is 0 Å².